The standard InChI is InChI=1S/C13H21N5S/c1-5-9-6-10-11(15-8(4)7(2)3)16-13(18-14)17-12(10)19-9/h6-8H,5,14H2,1-4H3,(H2,15,16,17,18). The molecule has 0 aliphatic heterocycles. The van der Waals surface area contributed by atoms with Gasteiger partial charge >= 0.3 is 0 Å². The van der Waals surface area contributed by atoms with E-state index in [0.29, 0.717) is 17.9 Å². The number of hydrogen-bond donors (Lipinski definition) is 3. The zero-order valence-electron chi connectivity index (χ0n) is 11.8. The Kier molecular flexibility index (Phi) is 4.21. The first-order valence-corrected chi connectivity index (χ1v) is 7.40. The molecule has 2 aromatic heterocycles. The zero-order chi connectivity index (χ0) is 14.0. The lowest BCUT2D eigenvalue weighted by molar-refractivity contribution is 0.559. The lowest BCUT2D eigenvalue weighted by atomic mass is 10.1. The van der Waals surface area contributed by atoms with Crippen LogP contribution in [0.4, 0.5) is 11.8 Å². The summed E-state index contributed by atoms with van der Waals surface area (Å²) in [5.41, 5.74) is 2.53. The van der Waals surface area contributed by atoms with Crippen LogP contribution in [0.25, 0.3) is 10.2 Å². The van der Waals surface area contributed by atoms with Gasteiger partial charge in [0.15, 0.2) is 0 Å². The molecule has 0 aromatic carbocycles. The molecule has 1 unspecified atom stereocenters. The third-order valence-corrected chi connectivity index (χ3v) is 4.46. The molecule has 6 heteroatoms. The Hall–Kier alpha value is -1.40. The van der Waals surface area contributed by atoms with Crippen molar-refractivity contribution < 1.29 is 0 Å². The van der Waals surface area contributed by atoms with Gasteiger partial charge in [0.25, 0.3) is 0 Å². The van der Waals surface area contributed by atoms with Gasteiger partial charge in [-0.3, -0.25) is 5.43 Å². The number of fused-ring (bicyclic) bond motifs is 1. The van der Waals surface area contributed by atoms with Crippen molar-refractivity contribution in [1.82, 2.24) is 9.97 Å². The number of nitrogens with two attached hydrogens (primary N) is 1. The van der Waals surface area contributed by atoms with E-state index in [0.717, 1.165) is 22.5 Å². The van der Waals surface area contributed by atoms with Crippen LogP contribution in [0.5, 0.6) is 0 Å². The molecule has 5 nitrogen and oxygen atoms in total. The van der Waals surface area contributed by atoms with E-state index in [1.54, 1.807) is 11.3 Å². The molecule has 0 fully saturated rings. The Morgan fingerprint density at radius 1 is 1.32 bits per heavy atom. The van der Waals surface area contributed by atoms with Gasteiger partial charge in [0.05, 0.1) is 5.39 Å². The van der Waals surface area contributed by atoms with Gasteiger partial charge in [-0.1, -0.05) is 20.8 Å². The molecule has 0 radical (unpaired) electrons. The zero-order valence-corrected chi connectivity index (χ0v) is 12.6. The molecule has 0 saturated carbocycles. The monoisotopic (exact) mass is 279 g/mol. The molecule has 4 N–H and O–H groups in total. The van der Waals surface area contributed by atoms with Crippen molar-refractivity contribution in [3.63, 3.8) is 0 Å². The van der Waals surface area contributed by atoms with Crippen molar-refractivity contribution in [2.45, 2.75) is 40.2 Å². The van der Waals surface area contributed by atoms with Crippen LogP contribution in [-0.2, 0) is 6.42 Å². The second-order valence-corrected chi connectivity index (χ2v) is 6.12. The second kappa shape index (κ2) is 5.71. The summed E-state index contributed by atoms with van der Waals surface area (Å²) < 4.78 is 0. The number of nitrogen functional groups attached to an aromatic ring is 1. The fraction of sp³-hybridized carbons (Fsp3) is 0.538. The average Bonchev–Trinajstić information content (AvgIpc) is 2.81. The number of rotatable bonds is 5. The van der Waals surface area contributed by atoms with Crippen LogP contribution in [0.3, 0.4) is 0 Å². The fourth-order valence-electron chi connectivity index (χ4n) is 1.70. The predicted molar refractivity (Wildman–Crippen MR) is 82.5 cm³/mol. The van der Waals surface area contributed by atoms with E-state index in [1.165, 1.54) is 4.88 Å². The van der Waals surface area contributed by atoms with Gasteiger partial charge in [-0.05, 0) is 25.3 Å². The van der Waals surface area contributed by atoms with E-state index in [4.69, 9.17) is 5.84 Å². The number of nitrogens with one attached hydrogen (secondary N) is 2. The normalized spacial score (nSPS) is 12.9. The van der Waals surface area contributed by atoms with Crippen molar-refractivity contribution in [2.75, 3.05) is 10.7 Å². The Labute approximate surface area is 117 Å². The maximum absolute atomic E-state index is 5.44. The smallest absolute Gasteiger partial charge is 0.240 e. The molecule has 0 aliphatic carbocycles. The number of anilines is 2. The Morgan fingerprint density at radius 3 is 2.63 bits per heavy atom. The molecule has 0 saturated heterocycles. The number of hydrogen-bond acceptors (Lipinski definition) is 6. The molecule has 104 valence electrons. The summed E-state index contributed by atoms with van der Waals surface area (Å²) in [5.74, 6) is 7.28. The summed E-state index contributed by atoms with van der Waals surface area (Å²) >= 11 is 1.69. The molecule has 2 heterocycles. The van der Waals surface area contributed by atoms with E-state index < -0.39 is 0 Å². The molecular weight excluding hydrogens is 258 g/mol. The van der Waals surface area contributed by atoms with Crippen LogP contribution in [0.1, 0.15) is 32.6 Å². The summed E-state index contributed by atoms with van der Waals surface area (Å²) in [6.45, 7) is 8.66. The lowest BCUT2D eigenvalue weighted by Crippen LogP contribution is -2.23. The SMILES string of the molecule is CCc1cc2c(NC(C)C(C)C)nc(NN)nc2s1. The number of nitrogens with zero attached hydrogens (tertiary/aromatic N) is 2. The van der Waals surface area contributed by atoms with E-state index in [2.05, 4.69) is 54.5 Å². The van der Waals surface area contributed by atoms with Crippen LogP contribution in [0, 0.1) is 5.92 Å². The molecule has 0 bridgehead atoms. The third-order valence-electron chi connectivity index (χ3n) is 3.29. The topological polar surface area (TPSA) is 75.9 Å². The fourth-order valence-corrected chi connectivity index (χ4v) is 2.67. The first-order valence-electron chi connectivity index (χ1n) is 6.58. The summed E-state index contributed by atoms with van der Waals surface area (Å²) in [6.07, 6.45) is 1.01. The third kappa shape index (κ3) is 2.96. The van der Waals surface area contributed by atoms with Gasteiger partial charge in [0.2, 0.25) is 5.95 Å². The summed E-state index contributed by atoms with van der Waals surface area (Å²) in [4.78, 5) is 11.1. The average molecular weight is 279 g/mol. The van der Waals surface area contributed by atoms with Gasteiger partial charge in [0.1, 0.15) is 10.6 Å². The van der Waals surface area contributed by atoms with Crippen LogP contribution in [0.2, 0.25) is 0 Å². The number of thiophene rings is 1. The van der Waals surface area contributed by atoms with Crippen molar-refractivity contribution in [1.29, 1.82) is 0 Å². The maximum atomic E-state index is 5.44. The minimum absolute atomic E-state index is 0.341. The summed E-state index contributed by atoms with van der Waals surface area (Å²) in [5, 5.41) is 4.53. The summed E-state index contributed by atoms with van der Waals surface area (Å²) in [7, 11) is 0. The minimum Gasteiger partial charge on any atom is -0.367 e. The van der Waals surface area contributed by atoms with Crippen molar-refractivity contribution in [3.05, 3.63) is 10.9 Å². The molecular formula is C13H21N5S. The van der Waals surface area contributed by atoms with Crippen molar-refractivity contribution in [3.8, 4) is 0 Å². The Morgan fingerprint density at radius 2 is 2.05 bits per heavy atom. The molecule has 1 atom stereocenters. The van der Waals surface area contributed by atoms with Crippen LogP contribution in [0.15, 0.2) is 6.07 Å². The number of aryl methyl sites for hydroxylation is 1. The summed E-state index contributed by atoms with van der Waals surface area (Å²) in [6, 6.07) is 2.50. The molecule has 0 aliphatic rings. The molecule has 19 heavy (non-hydrogen) atoms. The van der Waals surface area contributed by atoms with E-state index in [1.807, 2.05) is 0 Å². The lowest BCUT2D eigenvalue weighted by Gasteiger charge is -2.18. The minimum atomic E-state index is 0.341. The van der Waals surface area contributed by atoms with E-state index >= 15 is 0 Å². The van der Waals surface area contributed by atoms with Gasteiger partial charge in [-0.2, -0.15) is 4.98 Å². The van der Waals surface area contributed by atoms with Crippen molar-refractivity contribution >= 4 is 33.3 Å². The van der Waals surface area contributed by atoms with Crippen LogP contribution >= 0.6 is 11.3 Å². The highest BCUT2D eigenvalue weighted by Gasteiger charge is 2.14. The molecule has 2 rings (SSSR count). The molecule has 2 aromatic rings. The Balaban J connectivity index is 2.47. The highest BCUT2D eigenvalue weighted by molar-refractivity contribution is 7.18. The highest BCUT2D eigenvalue weighted by Crippen LogP contribution is 2.30. The maximum Gasteiger partial charge on any atom is 0.240 e. The first-order chi connectivity index (χ1) is 9.05. The second-order valence-electron chi connectivity index (χ2n) is 5.00. The first kappa shape index (κ1) is 14.0. The Bertz CT molecular complexity index is 563. The van der Waals surface area contributed by atoms with Crippen molar-refractivity contribution in [2.24, 2.45) is 11.8 Å². The predicted octanol–water partition coefficient (Wildman–Crippen LogP) is 3.00. The van der Waals surface area contributed by atoms with Gasteiger partial charge in [0, 0.05) is 10.9 Å². The van der Waals surface area contributed by atoms with Gasteiger partial charge < -0.3 is 5.32 Å². The van der Waals surface area contributed by atoms with Crippen LogP contribution in [-0.4, -0.2) is 16.0 Å². The largest absolute Gasteiger partial charge is 0.367 e. The van der Waals surface area contributed by atoms with E-state index in [9.17, 15) is 0 Å². The quantitative estimate of drug-likeness (QED) is 0.579. The number of hydrazine groups is 1. The number of aromatic nitrogens is 2. The van der Waals surface area contributed by atoms with Gasteiger partial charge in [-0.15, -0.1) is 11.3 Å². The van der Waals surface area contributed by atoms with E-state index in [-0.39, 0.29) is 0 Å². The molecule has 0 spiro atoms. The van der Waals surface area contributed by atoms with Gasteiger partial charge in [-0.25, -0.2) is 10.8 Å². The highest BCUT2D eigenvalue weighted by atomic mass is 32.1. The molecule has 0 amide bonds. The van der Waals surface area contributed by atoms with Crippen LogP contribution < -0.4 is 16.6 Å².